The summed E-state index contributed by atoms with van der Waals surface area (Å²) in [6, 6.07) is 8.64. The first kappa shape index (κ1) is 16.1. The number of carbonyl (C=O) groups excluding carboxylic acids is 1. The van der Waals surface area contributed by atoms with Crippen LogP contribution >= 0.6 is 0 Å². The molecule has 22 heavy (non-hydrogen) atoms. The zero-order valence-electron chi connectivity index (χ0n) is 11.7. The summed E-state index contributed by atoms with van der Waals surface area (Å²) in [7, 11) is -3.76. The Morgan fingerprint density at radius 3 is 2.64 bits per heavy atom. The maximum absolute atomic E-state index is 13.5. The Labute approximate surface area is 128 Å². The summed E-state index contributed by atoms with van der Waals surface area (Å²) < 4.78 is 37.5. The number of sulfone groups is 1. The molecule has 0 unspecified atom stereocenters. The van der Waals surface area contributed by atoms with Crippen molar-refractivity contribution < 1.29 is 17.6 Å². The smallest absolute Gasteiger partial charge is 0.224 e. The molecule has 116 valence electrons. The molecule has 0 aliphatic heterocycles. The van der Waals surface area contributed by atoms with Gasteiger partial charge in [-0.25, -0.2) is 12.8 Å². The summed E-state index contributed by atoms with van der Waals surface area (Å²) in [5, 5.41) is 2.51. The largest absolute Gasteiger partial charge is 0.355 e. The third-order valence-corrected chi connectivity index (χ3v) is 4.69. The fraction of sp³-hybridized carbons (Fsp3) is 0.200. The number of pyridine rings is 1. The van der Waals surface area contributed by atoms with Crippen molar-refractivity contribution in [3.8, 4) is 0 Å². The van der Waals surface area contributed by atoms with Gasteiger partial charge >= 0.3 is 0 Å². The second kappa shape index (κ2) is 7.13. The van der Waals surface area contributed by atoms with Crippen molar-refractivity contribution >= 4 is 15.7 Å². The average molecular weight is 322 g/mol. The van der Waals surface area contributed by atoms with Gasteiger partial charge in [0, 0.05) is 18.9 Å². The van der Waals surface area contributed by atoms with E-state index in [4.69, 9.17) is 0 Å². The molecule has 0 aliphatic rings. The summed E-state index contributed by atoms with van der Waals surface area (Å²) in [5.74, 6) is -1.45. The lowest BCUT2D eigenvalue weighted by Gasteiger charge is -2.07. The fourth-order valence-electron chi connectivity index (χ4n) is 1.88. The monoisotopic (exact) mass is 322 g/mol. The van der Waals surface area contributed by atoms with E-state index in [9.17, 15) is 17.6 Å². The van der Waals surface area contributed by atoms with Gasteiger partial charge < -0.3 is 5.32 Å². The highest BCUT2D eigenvalue weighted by atomic mass is 32.2. The summed E-state index contributed by atoms with van der Waals surface area (Å²) >= 11 is 0. The van der Waals surface area contributed by atoms with Gasteiger partial charge in [0.25, 0.3) is 0 Å². The first-order chi connectivity index (χ1) is 10.5. The number of hydrogen-bond donors (Lipinski definition) is 1. The zero-order chi connectivity index (χ0) is 16.0. The van der Waals surface area contributed by atoms with E-state index in [0.29, 0.717) is 0 Å². The Morgan fingerprint density at radius 1 is 1.18 bits per heavy atom. The standard InChI is InChI=1S/C15H15FN2O3S/c16-13-5-1-2-6-14(13)22(20,21)9-8-18-15(19)10-12-4-3-7-17-11-12/h1-7,11H,8-10H2,(H,18,19). The first-order valence-electron chi connectivity index (χ1n) is 6.62. The van der Waals surface area contributed by atoms with Crippen LogP contribution in [0, 0.1) is 5.82 Å². The van der Waals surface area contributed by atoms with Crippen molar-refractivity contribution in [3.63, 3.8) is 0 Å². The van der Waals surface area contributed by atoms with Crippen LogP contribution in [0.3, 0.4) is 0 Å². The van der Waals surface area contributed by atoms with Gasteiger partial charge in [0.2, 0.25) is 5.91 Å². The minimum atomic E-state index is -3.76. The van der Waals surface area contributed by atoms with Crippen LogP contribution in [0.4, 0.5) is 4.39 Å². The van der Waals surface area contributed by atoms with Crippen LogP contribution in [-0.2, 0) is 21.1 Å². The lowest BCUT2D eigenvalue weighted by Crippen LogP contribution is -2.30. The summed E-state index contributed by atoms with van der Waals surface area (Å²) in [6.45, 7) is -0.0736. The van der Waals surface area contributed by atoms with Gasteiger partial charge in [-0.3, -0.25) is 9.78 Å². The Kier molecular flexibility index (Phi) is 5.21. The van der Waals surface area contributed by atoms with Crippen LogP contribution in [0.15, 0.2) is 53.7 Å². The Hall–Kier alpha value is -2.28. The zero-order valence-corrected chi connectivity index (χ0v) is 12.5. The predicted octanol–water partition coefficient (Wildman–Crippen LogP) is 1.35. The first-order valence-corrected chi connectivity index (χ1v) is 8.27. The Balaban J connectivity index is 1.88. The van der Waals surface area contributed by atoms with E-state index in [-0.39, 0.29) is 29.5 Å². The van der Waals surface area contributed by atoms with Crippen LogP contribution in [0.2, 0.25) is 0 Å². The minimum Gasteiger partial charge on any atom is -0.355 e. The lowest BCUT2D eigenvalue weighted by atomic mass is 10.2. The maximum Gasteiger partial charge on any atom is 0.224 e. The minimum absolute atomic E-state index is 0.0736. The molecule has 7 heteroatoms. The van der Waals surface area contributed by atoms with Crippen molar-refractivity contribution in [2.75, 3.05) is 12.3 Å². The van der Waals surface area contributed by atoms with Gasteiger partial charge in [-0.05, 0) is 23.8 Å². The molecule has 0 spiro atoms. The van der Waals surface area contributed by atoms with Crippen LogP contribution < -0.4 is 5.32 Å². The topological polar surface area (TPSA) is 76.1 Å². The molecule has 0 saturated carbocycles. The molecule has 0 aliphatic carbocycles. The molecule has 0 atom stereocenters. The Morgan fingerprint density at radius 2 is 1.95 bits per heavy atom. The third kappa shape index (κ3) is 4.36. The van der Waals surface area contributed by atoms with Gasteiger partial charge in [-0.1, -0.05) is 18.2 Å². The van der Waals surface area contributed by atoms with Gasteiger partial charge in [-0.2, -0.15) is 0 Å². The normalized spacial score (nSPS) is 11.1. The molecule has 1 N–H and O–H groups in total. The maximum atomic E-state index is 13.5. The van der Waals surface area contributed by atoms with Crippen molar-refractivity contribution in [3.05, 3.63) is 60.2 Å². The molecule has 5 nitrogen and oxygen atoms in total. The van der Waals surface area contributed by atoms with Crippen LogP contribution in [0.5, 0.6) is 0 Å². The molecule has 2 rings (SSSR count). The SMILES string of the molecule is O=C(Cc1cccnc1)NCCS(=O)(=O)c1ccccc1F. The third-order valence-electron chi connectivity index (χ3n) is 2.95. The number of hydrogen-bond acceptors (Lipinski definition) is 4. The number of nitrogens with one attached hydrogen (secondary N) is 1. The molecule has 0 fully saturated rings. The summed E-state index contributed by atoms with van der Waals surface area (Å²) in [5.41, 5.74) is 0.733. The molecule has 1 heterocycles. The highest BCUT2D eigenvalue weighted by Gasteiger charge is 2.18. The van der Waals surface area contributed by atoms with Crippen molar-refractivity contribution in [2.24, 2.45) is 0 Å². The predicted molar refractivity (Wildman–Crippen MR) is 79.4 cm³/mol. The van der Waals surface area contributed by atoms with Crippen LogP contribution in [0.25, 0.3) is 0 Å². The number of aromatic nitrogens is 1. The number of benzene rings is 1. The number of carbonyl (C=O) groups is 1. The number of amides is 1. The molecular weight excluding hydrogens is 307 g/mol. The summed E-state index contributed by atoms with van der Waals surface area (Å²) in [6.07, 6.45) is 3.28. The number of nitrogens with zero attached hydrogens (tertiary/aromatic N) is 1. The van der Waals surface area contributed by atoms with E-state index in [1.165, 1.54) is 18.2 Å². The summed E-state index contributed by atoms with van der Waals surface area (Å²) in [4.78, 5) is 15.2. The van der Waals surface area contributed by atoms with E-state index in [1.807, 2.05) is 0 Å². The van der Waals surface area contributed by atoms with Gasteiger partial charge in [0.1, 0.15) is 10.7 Å². The van der Waals surface area contributed by atoms with E-state index >= 15 is 0 Å². The Bertz CT molecular complexity index is 748. The lowest BCUT2D eigenvalue weighted by molar-refractivity contribution is -0.120. The fourth-order valence-corrected chi connectivity index (χ4v) is 3.12. The second-order valence-corrected chi connectivity index (χ2v) is 6.71. The molecule has 1 aromatic carbocycles. The van der Waals surface area contributed by atoms with E-state index in [0.717, 1.165) is 11.6 Å². The quantitative estimate of drug-likeness (QED) is 0.871. The van der Waals surface area contributed by atoms with E-state index in [1.54, 1.807) is 24.5 Å². The van der Waals surface area contributed by atoms with Gasteiger partial charge in [0.15, 0.2) is 9.84 Å². The van der Waals surface area contributed by atoms with Gasteiger partial charge in [-0.15, -0.1) is 0 Å². The van der Waals surface area contributed by atoms with E-state index in [2.05, 4.69) is 10.3 Å². The van der Waals surface area contributed by atoms with Crippen molar-refractivity contribution in [2.45, 2.75) is 11.3 Å². The molecule has 0 radical (unpaired) electrons. The van der Waals surface area contributed by atoms with Crippen LogP contribution in [-0.4, -0.2) is 31.6 Å². The number of halogens is 1. The molecular formula is C15H15FN2O3S. The molecule has 0 saturated heterocycles. The van der Waals surface area contributed by atoms with Gasteiger partial charge in [0.05, 0.1) is 12.2 Å². The van der Waals surface area contributed by atoms with Crippen LogP contribution in [0.1, 0.15) is 5.56 Å². The second-order valence-electron chi connectivity index (χ2n) is 4.64. The molecule has 1 amide bonds. The van der Waals surface area contributed by atoms with E-state index < -0.39 is 15.7 Å². The molecule has 0 bridgehead atoms. The highest BCUT2D eigenvalue weighted by Crippen LogP contribution is 2.14. The molecule has 1 aromatic heterocycles. The number of rotatable bonds is 6. The van der Waals surface area contributed by atoms with Crippen molar-refractivity contribution in [1.29, 1.82) is 0 Å². The molecule has 2 aromatic rings. The van der Waals surface area contributed by atoms with Crippen molar-refractivity contribution in [1.82, 2.24) is 10.3 Å². The average Bonchev–Trinajstić information content (AvgIpc) is 2.48. The highest BCUT2D eigenvalue weighted by molar-refractivity contribution is 7.91.